The predicted molar refractivity (Wildman–Crippen MR) is 145 cm³/mol. The standard InChI is InChI=1S/C30H31NO4.ClH/c1-32-27-15-13-24(18-29(27)34-20-22-9-5-3-6-10-22)17-26(31)25-14-16-28(33-2)30(19-25)35-21-23-11-7-4-8-12-23;/h3-16,18-19,26H,17,20-21,31H2,1-2H3;1H. The number of hydrogen-bond donors (Lipinski definition) is 1. The van der Waals surface area contributed by atoms with Crippen molar-refractivity contribution in [3.8, 4) is 23.0 Å². The zero-order valence-electron chi connectivity index (χ0n) is 20.6. The van der Waals surface area contributed by atoms with Crippen molar-refractivity contribution in [1.29, 1.82) is 0 Å². The van der Waals surface area contributed by atoms with Crippen LogP contribution in [0.2, 0.25) is 0 Å². The summed E-state index contributed by atoms with van der Waals surface area (Å²) in [5, 5.41) is 0. The van der Waals surface area contributed by atoms with Crippen LogP contribution in [0, 0.1) is 0 Å². The van der Waals surface area contributed by atoms with E-state index in [1.807, 2.05) is 97.1 Å². The van der Waals surface area contributed by atoms with Gasteiger partial charge in [0.25, 0.3) is 0 Å². The molecule has 2 N–H and O–H groups in total. The lowest BCUT2D eigenvalue weighted by Crippen LogP contribution is -2.14. The number of rotatable bonds is 11. The molecule has 4 aromatic rings. The van der Waals surface area contributed by atoms with Crippen molar-refractivity contribution >= 4 is 12.4 Å². The van der Waals surface area contributed by atoms with Crippen LogP contribution in [-0.2, 0) is 19.6 Å². The smallest absolute Gasteiger partial charge is 0.161 e. The molecule has 5 nitrogen and oxygen atoms in total. The normalized spacial score (nSPS) is 11.2. The van der Waals surface area contributed by atoms with Gasteiger partial charge in [0, 0.05) is 6.04 Å². The molecule has 188 valence electrons. The van der Waals surface area contributed by atoms with Gasteiger partial charge in [-0.1, -0.05) is 72.8 Å². The SMILES string of the molecule is COc1ccc(CC(N)c2ccc(OC)c(OCc3ccccc3)c2)cc1OCc1ccccc1.Cl. The fourth-order valence-electron chi connectivity index (χ4n) is 3.84. The number of hydrogen-bond acceptors (Lipinski definition) is 5. The Kier molecular flexibility index (Phi) is 10.0. The Morgan fingerprint density at radius 2 is 1.08 bits per heavy atom. The lowest BCUT2D eigenvalue weighted by Gasteiger charge is -2.17. The first-order valence-corrected chi connectivity index (χ1v) is 11.6. The molecule has 1 atom stereocenters. The van der Waals surface area contributed by atoms with Gasteiger partial charge in [0.05, 0.1) is 14.2 Å². The van der Waals surface area contributed by atoms with E-state index in [9.17, 15) is 0 Å². The van der Waals surface area contributed by atoms with E-state index in [2.05, 4.69) is 0 Å². The Morgan fingerprint density at radius 1 is 0.583 bits per heavy atom. The monoisotopic (exact) mass is 505 g/mol. The van der Waals surface area contributed by atoms with E-state index in [1.165, 1.54) is 0 Å². The second-order valence-electron chi connectivity index (χ2n) is 8.25. The van der Waals surface area contributed by atoms with Crippen molar-refractivity contribution in [3.05, 3.63) is 119 Å². The van der Waals surface area contributed by atoms with Gasteiger partial charge in [-0.3, -0.25) is 0 Å². The molecule has 0 aliphatic heterocycles. The summed E-state index contributed by atoms with van der Waals surface area (Å²) >= 11 is 0. The van der Waals surface area contributed by atoms with E-state index in [4.69, 9.17) is 24.7 Å². The molecule has 4 aromatic carbocycles. The minimum Gasteiger partial charge on any atom is -0.493 e. The van der Waals surface area contributed by atoms with Gasteiger partial charge in [-0.15, -0.1) is 12.4 Å². The fourth-order valence-corrected chi connectivity index (χ4v) is 3.84. The van der Waals surface area contributed by atoms with Crippen molar-refractivity contribution in [3.63, 3.8) is 0 Å². The van der Waals surface area contributed by atoms with E-state index in [1.54, 1.807) is 14.2 Å². The van der Waals surface area contributed by atoms with Crippen LogP contribution in [0.3, 0.4) is 0 Å². The van der Waals surface area contributed by atoms with Gasteiger partial charge in [0.2, 0.25) is 0 Å². The Labute approximate surface area is 219 Å². The van der Waals surface area contributed by atoms with Crippen LogP contribution in [0.4, 0.5) is 0 Å². The third-order valence-electron chi connectivity index (χ3n) is 5.77. The highest BCUT2D eigenvalue weighted by molar-refractivity contribution is 5.85. The molecule has 0 bridgehead atoms. The largest absolute Gasteiger partial charge is 0.493 e. The third-order valence-corrected chi connectivity index (χ3v) is 5.77. The Hall–Kier alpha value is -3.67. The van der Waals surface area contributed by atoms with Crippen LogP contribution < -0.4 is 24.7 Å². The van der Waals surface area contributed by atoms with Gasteiger partial charge >= 0.3 is 0 Å². The van der Waals surface area contributed by atoms with Crippen LogP contribution in [0.5, 0.6) is 23.0 Å². The molecule has 4 rings (SSSR count). The fraction of sp³-hybridized carbons (Fsp3) is 0.200. The van der Waals surface area contributed by atoms with Crippen LogP contribution in [-0.4, -0.2) is 14.2 Å². The first-order valence-electron chi connectivity index (χ1n) is 11.6. The molecule has 0 aliphatic carbocycles. The Bertz CT molecular complexity index is 1220. The second kappa shape index (κ2) is 13.4. The second-order valence-corrected chi connectivity index (χ2v) is 8.25. The van der Waals surface area contributed by atoms with Gasteiger partial charge in [0.1, 0.15) is 13.2 Å². The predicted octanol–water partition coefficient (Wildman–Crippen LogP) is 6.53. The van der Waals surface area contributed by atoms with Crippen LogP contribution in [0.15, 0.2) is 97.1 Å². The Morgan fingerprint density at radius 3 is 1.61 bits per heavy atom. The maximum absolute atomic E-state index is 6.61. The lowest BCUT2D eigenvalue weighted by molar-refractivity contribution is 0.283. The van der Waals surface area contributed by atoms with Gasteiger partial charge in [0.15, 0.2) is 23.0 Å². The quantitative estimate of drug-likeness (QED) is 0.251. The van der Waals surface area contributed by atoms with Gasteiger partial charge < -0.3 is 24.7 Å². The van der Waals surface area contributed by atoms with E-state index < -0.39 is 0 Å². The molecule has 0 fully saturated rings. The molecule has 0 spiro atoms. The summed E-state index contributed by atoms with van der Waals surface area (Å²) in [7, 11) is 3.28. The summed E-state index contributed by atoms with van der Waals surface area (Å²) in [5.74, 6) is 2.74. The van der Waals surface area contributed by atoms with E-state index in [-0.39, 0.29) is 18.4 Å². The zero-order valence-corrected chi connectivity index (χ0v) is 21.4. The van der Waals surface area contributed by atoms with Crippen molar-refractivity contribution in [2.45, 2.75) is 25.7 Å². The van der Waals surface area contributed by atoms with Crippen LogP contribution in [0.25, 0.3) is 0 Å². The number of benzene rings is 4. The molecule has 0 saturated heterocycles. The van der Waals surface area contributed by atoms with Crippen LogP contribution in [0.1, 0.15) is 28.3 Å². The van der Waals surface area contributed by atoms with Gasteiger partial charge in [-0.2, -0.15) is 0 Å². The molecular formula is C30H32ClNO4. The van der Waals surface area contributed by atoms with Gasteiger partial charge in [-0.25, -0.2) is 0 Å². The molecule has 6 heteroatoms. The molecule has 0 heterocycles. The average Bonchev–Trinajstić information content (AvgIpc) is 2.91. The average molecular weight is 506 g/mol. The van der Waals surface area contributed by atoms with E-state index in [0.717, 1.165) is 22.3 Å². The van der Waals surface area contributed by atoms with E-state index >= 15 is 0 Å². The highest BCUT2D eigenvalue weighted by atomic mass is 35.5. The first-order chi connectivity index (χ1) is 17.2. The third kappa shape index (κ3) is 7.17. The van der Waals surface area contributed by atoms with Crippen molar-refractivity contribution in [1.82, 2.24) is 0 Å². The van der Waals surface area contributed by atoms with Crippen molar-refractivity contribution < 1.29 is 18.9 Å². The molecule has 0 saturated carbocycles. The number of halogens is 1. The minimum atomic E-state index is -0.227. The molecule has 0 aliphatic rings. The summed E-state index contributed by atoms with van der Waals surface area (Å²) in [5.41, 5.74) is 10.8. The molecule has 36 heavy (non-hydrogen) atoms. The van der Waals surface area contributed by atoms with E-state index in [0.29, 0.717) is 42.6 Å². The molecule has 0 radical (unpaired) electrons. The summed E-state index contributed by atoms with van der Waals surface area (Å²) in [4.78, 5) is 0. The molecule has 0 aromatic heterocycles. The highest BCUT2D eigenvalue weighted by Gasteiger charge is 2.14. The van der Waals surface area contributed by atoms with Crippen molar-refractivity contribution in [2.24, 2.45) is 5.73 Å². The summed E-state index contributed by atoms with van der Waals surface area (Å²) in [6.45, 7) is 0.920. The number of methoxy groups -OCH3 is 2. The molecular weight excluding hydrogens is 474 g/mol. The zero-order chi connectivity index (χ0) is 24.5. The first kappa shape index (κ1) is 26.9. The topological polar surface area (TPSA) is 62.9 Å². The number of ether oxygens (including phenoxy) is 4. The Balaban J connectivity index is 0.00000361. The lowest BCUT2D eigenvalue weighted by atomic mass is 9.99. The summed E-state index contributed by atoms with van der Waals surface area (Å²) in [6.07, 6.45) is 0.635. The van der Waals surface area contributed by atoms with Crippen molar-refractivity contribution in [2.75, 3.05) is 14.2 Å². The highest BCUT2D eigenvalue weighted by Crippen LogP contribution is 2.33. The maximum Gasteiger partial charge on any atom is 0.161 e. The molecule has 1 unspecified atom stereocenters. The van der Waals surface area contributed by atoms with Crippen LogP contribution >= 0.6 is 12.4 Å². The maximum atomic E-state index is 6.61. The summed E-state index contributed by atoms with van der Waals surface area (Å²) in [6, 6.07) is 31.6. The minimum absolute atomic E-state index is 0. The number of nitrogens with two attached hydrogens (primary N) is 1. The summed E-state index contributed by atoms with van der Waals surface area (Å²) < 4.78 is 23.1. The molecule has 0 amide bonds. The van der Waals surface area contributed by atoms with Gasteiger partial charge in [-0.05, 0) is 52.9 Å².